The van der Waals surface area contributed by atoms with Crippen LogP contribution in [-0.4, -0.2) is 42.8 Å². The molecule has 1 atom stereocenters. The van der Waals surface area contributed by atoms with Crippen molar-refractivity contribution in [3.05, 3.63) is 0 Å². The van der Waals surface area contributed by atoms with E-state index in [1.165, 1.54) is 0 Å². The number of rotatable bonds is 3. The normalized spacial score (nSPS) is 27.6. The Kier molecular flexibility index (Phi) is 3.08. The number of nitrogens with zero attached hydrogens (tertiary/aromatic N) is 1. The molecule has 1 aliphatic heterocycles. The van der Waals surface area contributed by atoms with Gasteiger partial charge in [0, 0.05) is 0 Å². The predicted molar refractivity (Wildman–Crippen MR) is 35.2 cm³/mol. The van der Waals surface area contributed by atoms with Gasteiger partial charge in [0.2, 0.25) is 0 Å². The summed E-state index contributed by atoms with van der Waals surface area (Å²) in [7, 11) is 0. The second-order valence-corrected chi connectivity index (χ2v) is 2.07. The van der Waals surface area contributed by atoms with E-state index in [9.17, 15) is 0 Å². The van der Waals surface area contributed by atoms with E-state index in [0.717, 1.165) is 6.54 Å². The van der Waals surface area contributed by atoms with Crippen LogP contribution in [0.5, 0.6) is 0 Å². The Hall–Kier alpha value is -0.160. The zero-order valence-corrected chi connectivity index (χ0v) is 6.12. The van der Waals surface area contributed by atoms with Gasteiger partial charge in [0.15, 0.2) is 6.23 Å². The van der Waals surface area contributed by atoms with E-state index in [1.54, 1.807) is 5.06 Å². The van der Waals surface area contributed by atoms with Crippen molar-refractivity contribution < 1.29 is 14.7 Å². The van der Waals surface area contributed by atoms with Crippen molar-refractivity contribution in [2.24, 2.45) is 0 Å². The Morgan fingerprint density at radius 3 is 3.20 bits per heavy atom. The zero-order chi connectivity index (χ0) is 7.40. The molecule has 10 heavy (non-hydrogen) atoms. The molecule has 1 heterocycles. The number of hydrogen-bond donors (Lipinski definition) is 1. The summed E-state index contributed by atoms with van der Waals surface area (Å²) in [5.41, 5.74) is 0. The lowest BCUT2D eigenvalue weighted by Gasteiger charge is -2.18. The van der Waals surface area contributed by atoms with Gasteiger partial charge in [-0.2, -0.15) is 5.06 Å². The molecule has 4 nitrogen and oxygen atoms in total. The van der Waals surface area contributed by atoms with E-state index in [-0.39, 0.29) is 12.8 Å². The maximum atomic E-state index is 8.72. The smallest absolute Gasteiger partial charge is 0.156 e. The summed E-state index contributed by atoms with van der Waals surface area (Å²) in [5, 5.41) is 10.4. The van der Waals surface area contributed by atoms with Crippen LogP contribution in [-0.2, 0) is 9.57 Å². The molecule has 0 aromatic heterocycles. The van der Waals surface area contributed by atoms with Gasteiger partial charge in [0.05, 0.1) is 26.4 Å². The third kappa shape index (κ3) is 1.67. The number of aliphatic hydroxyl groups excluding tert-OH is 1. The Bertz CT molecular complexity index is 99.0. The van der Waals surface area contributed by atoms with Crippen LogP contribution in [0.15, 0.2) is 0 Å². The lowest BCUT2D eigenvalue weighted by molar-refractivity contribution is -0.209. The predicted octanol–water partition coefficient (Wildman–Crippen LogP) is -0.412. The molecule has 0 aromatic rings. The molecule has 1 fully saturated rings. The fourth-order valence-corrected chi connectivity index (χ4v) is 0.963. The van der Waals surface area contributed by atoms with Crippen LogP contribution in [0.25, 0.3) is 0 Å². The molecule has 0 radical (unpaired) electrons. The highest BCUT2D eigenvalue weighted by molar-refractivity contribution is 4.59. The van der Waals surface area contributed by atoms with Crippen LogP contribution >= 0.6 is 0 Å². The van der Waals surface area contributed by atoms with Crippen molar-refractivity contribution in [2.75, 3.05) is 26.4 Å². The van der Waals surface area contributed by atoms with Gasteiger partial charge in [-0.1, -0.05) is 0 Å². The summed E-state index contributed by atoms with van der Waals surface area (Å²) >= 11 is 0. The Morgan fingerprint density at radius 1 is 1.80 bits per heavy atom. The van der Waals surface area contributed by atoms with Gasteiger partial charge in [0.1, 0.15) is 0 Å². The van der Waals surface area contributed by atoms with E-state index < -0.39 is 0 Å². The molecule has 0 saturated carbocycles. The average Bonchev–Trinajstić information content (AvgIpc) is 2.36. The first-order valence-electron chi connectivity index (χ1n) is 3.50. The van der Waals surface area contributed by atoms with Gasteiger partial charge in [-0.3, -0.25) is 4.84 Å². The first kappa shape index (κ1) is 7.94. The minimum atomic E-state index is -0.250. The van der Waals surface area contributed by atoms with Crippen molar-refractivity contribution in [1.82, 2.24) is 5.06 Å². The van der Waals surface area contributed by atoms with Crippen molar-refractivity contribution in [2.45, 2.75) is 13.2 Å². The molecule has 0 aliphatic carbocycles. The van der Waals surface area contributed by atoms with E-state index in [4.69, 9.17) is 14.7 Å². The monoisotopic (exact) mass is 147 g/mol. The van der Waals surface area contributed by atoms with Crippen LogP contribution in [0.2, 0.25) is 0 Å². The molecule has 1 saturated heterocycles. The molecule has 60 valence electrons. The summed E-state index contributed by atoms with van der Waals surface area (Å²) in [6.45, 7) is 3.93. The minimum absolute atomic E-state index is 0. The maximum Gasteiger partial charge on any atom is 0.156 e. The maximum absolute atomic E-state index is 8.72. The van der Waals surface area contributed by atoms with Crippen LogP contribution in [0.4, 0.5) is 0 Å². The fraction of sp³-hybridized carbons (Fsp3) is 1.00. The largest absolute Gasteiger partial charge is 0.392 e. The molecule has 1 rings (SSSR count). The van der Waals surface area contributed by atoms with Crippen LogP contribution < -0.4 is 0 Å². The molecule has 0 aromatic carbocycles. The summed E-state index contributed by atoms with van der Waals surface area (Å²) < 4.78 is 5.12. The number of ether oxygens (including phenoxy) is 1. The SMILES string of the molecule is CCON1CCOC1CO. The van der Waals surface area contributed by atoms with Crippen molar-refractivity contribution in [3.8, 4) is 0 Å². The first-order chi connectivity index (χ1) is 4.88. The summed E-state index contributed by atoms with van der Waals surface area (Å²) in [6.07, 6.45) is -0.250. The third-order valence-corrected chi connectivity index (χ3v) is 1.39. The minimum Gasteiger partial charge on any atom is -0.392 e. The lowest BCUT2D eigenvalue weighted by Crippen LogP contribution is -2.33. The molecular weight excluding hydrogens is 134 g/mol. The van der Waals surface area contributed by atoms with E-state index in [0.29, 0.717) is 13.2 Å². The van der Waals surface area contributed by atoms with Crippen molar-refractivity contribution in [3.63, 3.8) is 0 Å². The van der Waals surface area contributed by atoms with Crippen molar-refractivity contribution in [1.29, 1.82) is 0 Å². The molecule has 1 N–H and O–H groups in total. The van der Waals surface area contributed by atoms with Gasteiger partial charge < -0.3 is 9.84 Å². The highest BCUT2D eigenvalue weighted by atomic mass is 16.7. The summed E-state index contributed by atoms with van der Waals surface area (Å²) in [4.78, 5) is 5.15. The number of hydroxylamine groups is 2. The van der Waals surface area contributed by atoms with E-state index in [1.807, 2.05) is 6.92 Å². The fourth-order valence-electron chi connectivity index (χ4n) is 0.963. The second-order valence-electron chi connectivity index (χ2n) is 2.07. The average molecular weight is 147 g/mol. The molecule has 1 aliphatic rings. The molecule has 4 heteroatoms. The zero-order valence-electron chi connectivity index (χ0n) is 6.12. The van der Waals surface area contributed by atoms with Gasteiger partial charge in [-0.15, -0.1) is 0 Å². The van der Waals surface area contributed by atoms with Gasteiger partial charge >= 0.3 is 0 Å². The van der Waals surface area contributed by atoms with Gasteiger partial charge in [-0.05, 0) is 6.92 Å². The first-order valence-corrected chi connectivity index (χ1v) is 3.50. The van der Waals surface area contributed by atoms with E-state index >= 15 is 0 Å². The number of aliphatic hydroxyl groups is 1. The van der Waals surface area contributed by atoms with Crippen LogP contribution in [0.3, 0.4) is 0 Å². The molecule has 0 amide bonds. The standard InChI is InChI=1S/C6H13NO3/c1-2-10-7-3-4-9-6(7)5-8/h6,8H,2-5H2,1H3. The Morgan fingerprint density at radius 2 is 2.60 bits per heavy atom. The van der Waals surface area contributed by atoms with Crippen LogP contribution in [0, 0.1) is 0 Å². The van der Waals surface area contributed by atoms with Gasteiger partial charge in [0.25, 0.3) is 0 Å². The molecule has 0 bridgehead atoms. The quantitative estimate of drug-likeness (QED) is 0.589. The Balaban J connectivity index is 2.27. The number of hydrogen-bond acceptors (Lipinski definition) is 4. The van der Waals surface area contributed by atoms with Crippen LogP contribution in [0.1, 0.15) is 6.92 Å². The highest BCUT2D eigenvalue weighted by Crippen LogP contribution is 2.08. The lowest BCUT2D eigenvalue weighted by atomic mass is 10.6. The van der Waals surface area contributed by atoms with E-state index in [2.05, 4.69) is 0 Å². The molecule has 1 unspecified atom stereocenters. The van der Waals surface area contributed by atoms with Crippen molar-refractivity contribution >= 4 is 0 Å². The summed E-state index contributed by atoms with van der Waals surface area (Å²) in [5.74, 6) is 0. The third-order valence-electron chi connectivity index (χ3n) is 1.39. The summed E-state index contributed by atoms with van der Waals surface area (Å²) in [6, 6.07) is 0. The second kappa shape index (κ2) is 3.88. The molecule has 0 spiro atoms. The highest BCUT2D eigenvalue weighted by Gasteiger charge is 2.24. The van der Waals surface area contributed by atoms with Gasteiger partial charge in [-0.25, -0.2) is 0 Å². The molecular formula is C6H13NO3. The Labute approximate surface area is 60.3 Å². The topological polar surface area (TPSA) is 41.9 Å².